The van der Waals surface area contributed by atoms with E-state index in [1.165, 1.54) is 25.1 Å². The summed E-state index contributed by atoms with van der Waals surface area (Å²) in [6.45, 7) is 4.14. The van der Waals surface area contributed by atoms with E-state index in [1.54, 1.807) is 5.12 Å². The zero-order valence-electron chi connectivity index (χ0n) is 16.2. The second kappa shape index (κ2) is 7.85. The average molecular weight is 392 g/mol. The maximum Gasteiger partial charge on any atom is 0.260 e. The molecule has 0 aliphatic carbocycles. The quantitative estimate of drug-likeness (QED) is 0.675. The molecular weight excluding hydrogens is 368 g/mol. The van der Waals surface area contributed by atoms with Gasteiger partial charge in [-0.2, -0.15) is 10.1 Å². The number of benzene rings is 2. The molecule has 0 amide bonds. The molecule has 0 saturated carbocycles. The van der Waals surface area contributed by atoms with E-state index in [0.29, 0.717) is 5.90 Å². The molecule has 3 aliphatic heterocycles. The Labute approximate surface area is 170 Å². The fourth-order valence-corrected chi connectivity index (χ4v) is 3.66. The van der Waals surface area contributed by atoms with Gasteiger partial charge in [0.1, 0.15) is 5.75 Å². The number of carbonyl (C=O) groups is 1. The lowest BCUT2D eigenvalue weighted by Crippen LogP contribution is -2.60. The minimum atomic E-state index is -0.768. The number of rotatable bonds is 7. The van der Waals surface area contributed by atoms with Gasteiger partial charge in [-0.05, 0) is 49.3 Å². The van der Waals surface area contributed by atoms with E-state index in [2.05, 4.69) is 22.1 Å². The average Bonchev–Trinajstić information content (AvgIpc) is 3.13. The monoisotopic (exact) mass is 392 g/mol. The molecular formula is C22H24N4O3. The largest absolute Gasteiger partial charge is 0.473 e. The van der Waals surface area contributed by atoms with Crippen LogP contribution in [-0.4, -0.2) is 59.3 Å². The molecule has 2 aromatic rings. The lowest BCUT2D eigenvalue weighted by Gasteiger charge is -2.44. The molecule has 2 unspecified atom stereocenters. The first-order chi connectivity index (χ1) is 14.3. The van der Waals surface area contributed by atoms with E-state index in [1.807, 2.05) is 47.5 Å². The molecule has 0 radical (unpaired) electrons. The molecule has 7 nitrogen and oxygen atoms in total. The molecule has 3 aliphatic rings. The predicted molar refractivity (Wildman–Crippen MR) is 108 cm³/mol. The molecule has 0 bridgehead atoms. The minimum Gasteiger partial charge on any atom is -0.473 e. The SMILES string of the molecule is O=CC1OC(c2ccccc2)=NN1N1CCC1Oc1ccc(CN2CCC2)cc1. The van der Waals surface area contributed by atoms with Crippen LogP contribution in [0.1, 0.15) is 24.0 Å². The van der Waals surface area contributed by atoms with Crippen molar-refractivity contribution >= 4 is 12.2 Å². The maximum atomic E-state index is 11.5. The summed E-state index contributed by atoms with van der Waals surface area (Å²) in [7, 11) is 0. The Kier molecular flexibility index (Phi) is 4.91. The Morgan fingerprint density at radius 3 is 2.48 bits per heavy atom. The number of nitrogens with zero attached hydrogens (tertiary/aromatic N) is 4. The first-order valence-corrected chi connectivity index (χ1v) is 10.1. The topological polar surface area (TPSA) is 57.6 Å². The Morgan fingerprint density at radius 2 is 1.86 bits per heavy atom. The van der Waals surface area contributed by atoms with Gasteiger partial charge in [0.05, 0.1) is 0 Å². The predicted octanol–water partition coefficient (Wildman–Crippen LogP) is 2.44. The highest BCUT2D eigenvalue weighted by Gasteiger charge is 2.42. The van der Waals surface area contributed by atoms with Gasteiger partial charge in [0.15, 0.2) is 12.5 Å². The van der Waals surface area contributed by atoms with Gasteiger partial charge in [0, 0.05) is 25.1 Å². The van der Waals surface area contributed by atoms with Crippen LogP contribution in [0.5, 0.6) is 5.75 Å². The summed E-state index contributed by atoms with van der Waals surface area (Å²) in [6, 6.07) is 17.9. The van der Waals surface area contributed by atoms with Crippen LogP contribution in [0.4, 0.5) is 0 Å². The number of hydrogen-bond donors (Lipinski definition) is 0. The fourth-order valence-electron chi connectivity index (χ4n) is 3.66. The Balaban J connectivity index is 1.24. The van der Waals surface area contributed by atoms with Crippen LogP contribution in [0.15, 0.2) is 59.7 Å². The van der Waals surface area contributed by atoms with E-state index < -0.39 is 6.23 Å². The van der Waals surface area contributed by atoms with Crippen LogP contribution < -0.4 is 4.74 Å². The fraction of sp³-hybridized carbons (Fsp3) is 0.364. The highest BCUT2D eigenvalue weighted by atomic mass is 16.6. The molecule has 0 spiro atoms. The van der Waals surface area contributed by atoms with E-state index in [-0.39, 0.29) is 6.23 Å². The summed E-state index contributed by atoms with van der Waals surface area (Å²) >= 11 is 0. The molecule has 2 saturated heterocycles. The summed E-state index contributed by atoms with van der Waals surface area (Å²) in [6.07, 6.45) is 2.00. The van der Waals surface area contributed by atoms with E-state index >= 15 is 0 Å². The third kappa shape index (κ3) is 3.71. The van der Waals surface area contributed by atoms with Crippen LogP contribution in [-0.2, 0) is 16.1 Å². The molecule has 29 heavy (non-hydrogen) atoms. The summed E-state index contributed by atoms with van der Waals surface area (Å²) < 4.78 is 11.9. The van der Waals surface area contributed by atoms with Crippen molar-refractivity contribution in [3.05, 3.63) is 65.7 Å². The molecule has 5 rings (SSSR count). The molecule has 7 heteroatoms. The summed E-state index contributed by atoms with van der Waals surface area (Å²) in [5.74, 6) is 1.27. The number of hydrazine groups is 1. The Bertz CT molecular complexity index is 883. The normalized spacial score (nSPS) is 24.3. The van der Waals surface area contributed by atoms with Crippen LogP contribution in [0.3, 0.4) is 0 Å². The van der Waals surface area contributed by atoms with Crippen molar-refractivity contribution in [3.8, 4) is 5.75 Å². The molecule has 150 valence electrons. The van der Waals surface area contributed by atoms with Gasteiger partial charge in [0.25, 0.3) is 6.23 Å². The van der Waals surface area contributed by atoms with Gasteiger partial charge >= 0.3 is 0 Å². The van der Waals surface area contributed by atoms with Gasteiger partial charge in [-0.1, -0.05) is 30.3 Å². The number of carbonyl (C=O) groups excluding carboxylic acids is 1. The third-order valence-electron chi connectivity index (χ3n) is 5.54. The number of aldehydes is 1. The first-order valence-electron chi connectivity index (χ1n) is 10.1. The van der Waals surface area contributed by atoms with Crippen molar-refractivity contribution < 1.29 is 14.3 Å². The molecule has 3 heterocycles. The molecule has 2 fully saturated rings. The summed E-state index contributed by atoms with van der Waals surface area (Å²) in [5.41, 5.74) is 2.14. The molecule has 0 N–H and O–H groups in total. The van der Waals surface area contributed by atoms with Gasteiger partial charge in [-0.3, -0.25) is 9.69 Å². The standard InChI is InChI=1S/C22H24N4O3/c27-16-21-26(23-22(29-21)18-5-2-1-3-6-18)25-14-11-20(25)28-19-9-7-17(8-10-19)15-24-12-4-13-24/h1-3,5-10,16,20-21H,4,11-15H2. The molecule has 2 aromatic carbocycles. The number of hydrazone groups is 1. The Morgan fingerprint density at radius 1 is 1.07 bits per heavy atom. The van der Waals surface area contributed by atoms with Crippen LogP contribution >= 0.6 is 0 Å². The maximum absolute atomic E-state index is 11.5. The second-order valence-electron chi connectivity index (χ2n) is 7.53. The summed E-state index contributed by atoms with van der Waals surface area (Å²) in [5, 5.41) is 8.06. The van der Waals surface area contributed by atoms with Gasteiger partial charge in [-0.25, -0.2) is 0 Å². The van der Waals surface area contributed by atoms with Gasteiger partial charge in [-0.15, -0.1) is 5.10 Å². The second-order valence-corrected chi connectivity index (χ2v) is 7.53. The van der Waals surface area contributed by atoms with E-state index in [0.717, 1.165) is 37.1 Å². The number of ether oxygens (including phenoxy) is 2. The highest BCUT2D eigenvalue weighted by Crippen LogP contribution is 2.29. The van der Waals surface area contributed by atoms with E-state index in [4.69, 9.17) is 9.47 Å². The lowest BCUT2D eigenvalue weighted by atomic mass is 10.1. The van der Waals surface area contributed by atoms with Crippen LogP contribution in [0.2, 0.25) is 0 Å². The first kappa shape index (κ1) is 18.1. The Hall–Kier alpha value is -2.90. The highest BCUT2D eigenvalue weighted by molar-refractivity contribution is 5.95. The van der Waals surface area contributed by atoms with Crippen LogP contribution in [0, 0.1) is 0 Å². The van der Waals surface area contributed by atoms with Crippen molar-refractivity contribution in [1.29, 1.82) is 0 Å². The summed E-state index contributed by atoms with van der Waals surface area (Å²) in [4.78, 5) is 14.0. The van der Waals surface area contributed by atoms with Crippen molar-refractivity contribution in [3.63, 3.8) is 0 Å². The zero-order chi connectivity index (χ0) is 19.6. The molecule has 0 aromatic heterocycles. The smallest absolute Gasteiger partial charge is 0.260 e. The number of likely N-dealkylation sites (tertiary alicyclic amines) is 1. The number of hydrogen-bond acceptors (Lipinski definition) is 7. The minimum absolute atomic E-state index is 0.166. The lowest BCUT2D eigenvalue weighted by molar-refractivity contribution is -0.218. The molecule has 2 atom stereocenters. The van der Waals surface area contributed by atoms with E-state index in [9.17, 15) is 4.79 Å². The van der Waals surface area contributed by atoms with Gasteiger partial charge in [0.2, 0.25) is 5.90 Å². The van der Waals surface area contributed by atoms with Crippen molar-refractivity contribution in [1.82, 2.24) is 15.0 Å². The zero-order valence-corrected chi connectivity index (χ0v) is 16.2. The van der Waals surface area contributed by atoms with Crippen molar-refractivity contribution in [2.45, 2.75) is 31.8 Å². The van der Waals surface area contributed by atoms with Crippen molar-refractivity contribution in [2.75, 3.05) is 19.6 Å². The third-order valence-corrected chi connectivity index (χ3v) is 5.54. The van der Waals surface area contributed by atoms with Crippen LogP contribution in [0.25, 0.3) is 0 Å². The van der Waals surface area contributed by atoms with Gasteiger partial charge < -0.3 is 9.47 Å². The van der Waals surface area contributed by atoms with Crippen molar-refractivity contribution in [2.24, 2.45) is 5.10 Å².